The fourth-order valence-electron chi connectivity index (χ4n) is 0. The van der Waals surface area contributed by atoms with Crippen LogP contribution >= 0.6 is 0 Å². The van der Waals surface area contributed by atoms with Gasteiger partial charge in [0.2, 0.25) is 0 Å². The van der Waals surface area contributed by atoms with Gasteiger partial charge in [0.15, 0.2) is 0 Å². The molecule has 0 radical (unpaired) electrons. The number of carbonyl (C=O) groups is 1. The van der Waals surface area contributed by atoms with Crippen LogP contribution in [0, 0.1) is 11.3 Å². The Morgan fingerprint density at radius 1 is 1.67 bits per heavy atom. The first-order valence-electron chi connectivity index (χ1n) is 2.04. The maximum absolute atomic E-state index is 9.59. The van der Waals surface area contributed by atoms with E-state index in [1.807, 2.05) is 0 Å². The summed E-state index contributed by atoms with van der Waals surface area (Å²) in [6, 6.07) is 1.75. The van der Waals surface area contributed by atoms with Crippen LogP contribution in [0.5, 0.6) is 0 Å². The highest BCUT2D eigenvalue weighted by atomic mass is 16.5. The maximum atomic E-state index is 9.59. The number of methoxy groups -OCH3 is 1. The van der Waals surface area contributed by atoms with Gasteiger partial charge in [0.25, 0.3) is 0 Å². The summed E-state index contributed by atoms with van der Waals surface area (Å²) in [4.78, 5) is 9.59. The van der Waals surface area contributed by atoms with Crippen molar-refractivity contribution in [2.45, 2.75) is 13.8 Å². The predicted octanol–water partition coefficient (Wildman–Crippen LogP) is 0.871. The van der Waals surface area contributed by atoms with Gasteiger partial charge in [-0.05, 0) is 0 Å². The standard InChI is InChI=1S/C3H6O2.C2H3N.H3N/c1-3(4)5-2;1-2-3;/h1-2H3;1H3;1H3. The first-order chi connectivity index (χ1) is 3.68. The summed E-state index contributed by atoms with van der Waals surface area (Å²) in [5.41, 5.74) is 0. The summed E-state index contributed by atoms with van der Waals surface area (Å²) in [5.74, 6) is -0.245. The molecule has 0 rings (SSSR count). The summed E-state index contributed by atoms with van der Waals surface area (Å²) in [6.45, 7) is 2.79. The third-order valence-corrected chi connectivity index (χ3v) is 0.287. The van der Waals surface area contributed by atoms with Crippen LogP contribution in [0.25, 0.3) is 0 Å². The lowest BCUT2D eigenvalue weighted by molar-refractivity contribution is -0.137. The average molecular weight is 132 g/mol. The number of nitrogens with zero attached hydrogens (tertiary/aromatic N) is 1. The van der Waals surface area contributed by atoms with Gasteiger partial charge in [-0.15, -0.1) is 0 Å². The summed E-state index contributed by atoms with van der Waals surface area (Å²) in [7, 11) is 1.35. The molecule has 0 amide bonds. The topological polar surface area (TPSA) is 85.1 Å². The van der Waals surface area contributed by atoms with Crippen LogP contribution in [0.15, 0.2) is 0 Å². The third-order valence-electron chi connectivity index (χ3n) is 0.287. The second-order valence-corrected chi connectivity index (χ2v) is 0.919. The number of nitriles is 1. The van der Waals surface area contributed by atoms with Crippen molar-refractivity contribution in [3.63, 3.8) is 0 Å². The molecule has 4 heteroatoms. The van der Waals surface area contributed by atoms with Crippen molar-refractivity contribution in [1.82, 2.24) is 6.15 Å². The normalized spacial score (nSPS) is 4.67. The molecule has 0 saturated carbocycles. The molecular formula is C5H12N2O2. The second-order valence-electron chi connectivity index (χ2n) is 0.919. The van der Waals surface area contributed by atoms with E-state index in [1.54, 1.807) is 6.07 Å². The molecule has 0 aromatic heterocycles. The quantitative estimate of drug-likeness (QED) is 0.495. The van der Waals surface area contributed by atoms with Crippen LogP contribution < -0.4 is 6.15 Å². The smallest absolute Gasteiger partial charge is 0.302 e. The van der Waals surface area contributed by atoms with Gasteiger partial charge in [-0.1, -0.05) is 0 Å². The monoisotopic (exact) mass is 132 g/mol. The molecule has 0 aromatic rings. The molecule has 0 bridgehead atoms. The van der Waals surface area contributed by atoms with Crippen LogP contribution in [0.2, 0.25) is 0 Å². The zero-order valence-corrected chi connectivity index (χ0v) is 5.97. The van der Waals surface area contributed by atoms with E-state index in [-0.39, 0.29) is 12.1 Å². The SMILES string of the molecule is CC#N.COC(C)=O.N. The van der Waals surface area contributed by atoms with E-state index >= 15 is 0 Å². The number of ether oxygens (including phenoxy) is 1. The molecule has 3 N–H and O–H groups in total. The minimum absolute atomic E-state index is 0. The van der Waals surface area contributed by atoms with Gasteiger partial charge in [0.05, 0.1) is 13.2 Å². The average Bonchev–Trinajstić information content (AvgIpc) is 1.69. The lowest BCUT2D eigenvalue weighted by Gasteiger charge is -1.80. The molecule has 0 aromatic carbocycles. The molecule has 0 unspecified atom stereocenters. The Balaban J connectivity index is -0.0000000800. The molecule has 0 heterocycles. The van der Waals surface area contributed by atoms with Gasteiger partial charge in [0, 0.05) is 13.8 Å². The van der Waals surface area contributed by atoms with E-state index in [4.69, 9.17) is 5.26 Å². The van der Waals surface area contributed by atoms with E-state index < -0.39 is 0 Å². The highest BCUT2D eigenvalue weighted by Gasteiger charge is 1.75. The number of hydrogen-bond donors (Lipinski definition) is 1. The zero-order chi connectivity index (χ0) is 6.99. The van der Waals surface area contributed by atoms with E-state index in [0.29, 0.717) is 0 Å². The third kappa shape index (κ3) is 198. The van der Waals surface area contributed by atoms with Crippen LogP contribution in [0.3, 0.4) is 0 Å². The first-order valence-corrected chi connectivity index (χ1v) is 2.04. The summed E-state index contributed by atoms with van der Waals surface area (Å²) >= 11 is 0. The van der Waals surface area contributed by atoms with Gasteiger partial charge in [-0.2, -0.15) is 5.26 Å². The number of rotatable bonds is 0. The molecule has 54 valence electrons. The Morgan fingerprint density at radius 3 is 1.78 bits per heavy atom. The molecule has 4 nitrogen and oxygen atoms in total. The van der Waals surface area contributed by atoms with Crippen LogP contribution in [-0.2, 0) is 9.53 Å². The van der Waals surface area contributed by atoms with E-state index in [1.165, 1.54) is 21.0 Å². The Bertz CT molecular complexity index is 95.6. The van der Waals surface area contributed by atoms with Crippen LogP contribution in [0.1, 0.15) is 13.8 Å². The lowest BCUT2D eigenvalue weighted by atomic mass is 10.8. The number of carbonyl (C=O) groups excluding carboxylic acids is 1. The molecule has 0 atom stereocenters. The van der Waals surface area contributed by atoms with Crippen molar-refractivity contribution in [2.75, 3.05) is 7.11 Å². The van der Waals surface area contributed by atoms with E-state index in [9.17, 15) is 4.79 Å². The first kappa shape index (κ1) is 15.7. The summed E-state index contributed by atoms with van der Waals surface area (Å²) < 4.78 is 4.11. The highest BCUT2D eigenvalue weighted by molar-refractivity contribution is 5.65. The lowest BCUT2D eigenvalue weighted by Crippen LogP contribution is -1.88. The number of esters is 1. The molecular weight excluding hydrogens is 120 g/mol. The van der Waals surface area contributed by atoms with Gasteiger partial charge in [-0.3, -0.25) is 4.79 Å². The van der Waals surface area contributed by atoms with Gasteiger partial charge in [0.1, 0.15) is 0 Å². The number of hydrogen-bond acceptors (Lipinski definition) is 4. The highest BCUT2D eigenvalue weighted by Crippen LogP contribution is 1.60. The zero-order valence-electron chi connectivity index (χ0n) is 5.97. The molecule has 0 aliphatic carbocycles. The minimum Gasteiger partial charge on any atom is -0.469 e. The van der Waals surface area contributed by atoms with Gasteiger partial charge >= 0.3 is 5.97 Å². The van der Waals surface area contributed by atoms with E-state index in [2.05, 4.69) is 4.74 Å². The van der Waals surface area contributed by atoms with Crippen LogP contribution in [0.4, 0.5) is 0 Å². The summed E-state index contributed by atoms with van der Waals surface area (Å²) in [5, 5.41) is 7.32. The second kappa shape index (κ2) is 15.8. The fraction of sp³-hybridized carbons (Fsp3) is 0.600. The molecule has 0 spiro atoms. The van der Waals surface area contributed by atoms with Crippen molar-refractivity contribution in [2.24, 2.45) is 0 Å². The van der Waals surface area contributed by atoms with Crippen molar-refractivity contribution >= 4 is 5.97 Å². The van der Waals surface area contributed by atoms with Crippen molar-refractivity contribution in [3.8, 4) is 6.07 Å². The Labute approximate surface area is 55.0 Å². The maximum Gasteiger partial charge on any atom is 0.302 e. The molecule has 0 fully saturated rings. The van der Waals surface area contributed by atoms with Gasteiger partial charge < -0.3 is 10.9 Å². The molecule has 0 aliphatic rings. The largest absolute Gasteiger partial charge is 0.469 e. The van der Waals surface area contributed by atoms with Crippen LogP contribution in [-0.4, -0.2) is 13.1 Å². The Hall–Kier alpha value is -1.08. The van der Waals surface area contributed by atoms with E-state index in [0.717, 1.165) is 0 Å². The summed E-state index contributed by atoms with van der Waals surface area (Å²) in [6.07, 6.45) is 0. The van der Waals surface area contributed by atoms with Crippen molar-refractivity contribution in [1.29, 1.82) is 5.26 Å². The van der Waals surface area contributed by atoms with Crippen molar-refractivity contribution < 1.29 is 9.53 Å². The predicted molar refractivity (Wildman–Crippen MR) is 34.0 cm³/mol. The minimum atomic E-state index is -0.245. The van der Waals surface area contributed by atoms with Crippen molar-refractivity contribution in [3.05, 3.63) is 0 Å². The fourth-order valence-corrected chi connectivity index (χ4v) is 0. The molecule has 0 saturated heterocycles. The van der Waals surface area contributed by atoms with Gasteiger partial charge in [-0.25, -0.2) is 0 Å². The Kier molecular flexibility index (Phi) is 27.5. The Morgan fingerprint density at radius 2 is 1.78 bits per heavy atom. The molecule has 0 aliphatic heterocycles. The molecule has 9 heavy (non-hydrogen) atoms.